The average molecular weight is 382 g/mol. The second-order valence-electron chi connectivity index (χ2n) is 4.45. The van der Waals surface area contributed by atoms with Gasteiger partial charge in [-0.25, -0.2) is 8.42 Å². The summed E-state index contributed by atoms with van der Waals surface area (Å²) in [6.07, 6.45) is 0. The highest BCUT2D eigenvalue weighted by Gasteiger charge is 2.26. The molecule has 1 aromatic rings. The second kappa shape index (κ2) is 6.52. The van der Waals surface area contributed by atoms with E-state index in [1.165, 1.54) is 13.1 Å². The van der Waals surface area contributed by atoms with Crippen LogP contribution in [0.5, 0.6) is 0 Å². The van der Waals surface area contributed by atoms with Crippen LogP contribution in [0.4, 0.5) is 0 Å². The van der Waals surface area contributed by atoms with E-state index >= 15 is 0 Å². The van der Waals surface area contributed by atoms with Gasteiger partial charge >= 0.3 is 0 Å². The van der Waals surface area contributed by atoms with Crippen molar-refractivity contribution in [2.45, 2.75) is 4.21 Å². The molecule has 1 aliphatic rings. The van der Waals surface area contributed by atoms with Crippen molar-refractivity contribution in [3.63, 3.8) is 0 Å². The molecule has 0 spiro atoms. The van der Waals surface area contributed by atoms with Gasteiger partial charge in [0, 0.05) is 33.2 Å². The van der Waals surface area contributed by atoms with Crippen LogP contribution in [0, 0.1) is 0 Å². The van der Waals surface area contributed by atoms with Crippen LogP contribution >= 0.6 is 27.3 Å². The predicted molar refractivity (Wildman–Crippen MR) is 81.3 cm³/mol. The van der Waals surface area contributed by atoms with Gasteiger partial charge in [-0.1, -0.05) is 0 Å². The molecule has 2 heterocycles. The highest BCUT2D eigenvalue weighted by molar-refractivity contribution is 9.11. The lowest BCUT2D eigenvalue weighted by Gasteiger charge is -2.28. The van der Waals surface area contributed by atoms with Gasteiger partial charge in [-0.2, -0.15) is 4.31 Å². The minimum Gasteiger partial charge on any atom is -0.339 e. The van der Waals surface area contributed by atoms with E-state index in [0.29, 0.717) is 13.1 Å². The monoisotopic (exact) mass is 381 g/mol. The lowest BCUT2D eigenvalue weighted by molar-refractivity contribution is -0.131. The van der Waals surface area contributed by atoms with Crippen LogP contribution < -0.4 is 5.32 Å². The number of likely N-dealkylation sites (N-methyl/N-ethyl adjacent to an activating group) is 1. The van der Waals surface area contributed by atoms with E-state index in [2.05, 4.69) is 21.2 Å². The van der Waals surface area contributed by atoms with Gasteiger partial charge in [0.25, 0.3) is 10.0 Å². The molecule has 0 aliphatic carbocycles. The first-order valence-corrected chi connectivity index (χ1v) is 9.16. The molecule has 1 N–H and O–H groups in total. The standard InChI is InChI=1S/C11H16BrN3O3S2/c1-14(8-10(16)15-6-4-13-5-7-15)20(17,18)11-3-2-9(12)19-11/h2-3,13H,4-8H2,1H3. The number of hydrogen-bond acceptors (Lipinski definition) is 5. The minimum absolute atomic E-state index is 0.127. The normalized spacial score (nSPS) is 16.6. The molecule has 0 bridgehead atoms. The Morgan fingerprint density at radius 1 is 1.45 bits per heavy atom. The number of hydrogen-bond donors (Lipinski definition) is 1. The number of amides is 1. The van der Waals surface area contributed by atoms with Gasteiger partial charge in [0.1, 0.15) is 4.21 Å². The summed E-state index contributed by atoms with van der Waals surface area (Å²) >= 11 is 4.38. The maximum atomic E-state index is 12.3. The molecule has 1 amide bonds. The van der Waals surface area contributed by atoms with Gasteiger partial charge in [0.15, 0.2) is 0 Å². The van der Waals surface area contributed by atoms with Crippen molar-refractivity contribution in [1.82, 2.24) is 14.5 Å². The molecule has 0 atom stereocenters. The largest absolute Gasteiger partial charge is 0.339 e. The van der Waals surface area contributed by atoms with E-state index in [1.54, 1.807) is 11.0 Å². The highest BCUT2D eigenvalue weighted by Crippen LogP contribution is 2.27. The molecule has 1 aromatic heterocycles. The topological polar surface area (TPSA) is 69.7 Å². The highest BCUT2D eigenvalue weighted by atomic mass is 79.9. The smallest absolute Gasteiger partial charge is 0.252 e. The van der Waals surface area contributed by atoms with Gasteiger partial charge in [0.2, 0.25) is 5.91 Å². The minimum atomic E-state index is -3.59. The number of carbonyl (C=O) groups excluding carboxylic acids is 1. The average Bonchev–Trinajstić information content (AvgIpc) is 2.87. The van der Waals surface area contributed by atoms with Crippen molar-refractivity contribution in [2.75, 3.05) is 39.8 Å². The van der Waals surface area contributed by atoms with Crippen LogP contribution in [0.25, 0.3) is 0 Å². The third-order valence-electron chi connectivity index (χ3n) is 3.04. The molecular formula is C11H16BrN3O3S2. The van der Waals surface area contributed by atoms with Crippen LogP contribution in [0.2, 0.25) is 0 Å². The van der Waals surface area contributed by atoms with Crippen molar-refractivity contribution in [2.24, 2.45) is 0 Å². The number of nitrogens with one attached hydrogen (secondary N) is 1. The Morgan fingerprint density at radius 2 is 2.10 bits per heavy atom. The quantitative estimate of drug-likeness (QED) is 0.827. The van der Waals surface area contributed by atoms with E-state index in [4.69, 9.17) is 0 Å². The van der Waals surface area contributed by atoms with Gasteiger partial charge in [-0.3, -0.25) is 4.79 Å². The Hall–Kier alpha value is -0.480. The molecule has 0 saturated carbocycles. The van der Waals surface area contributed by atoms with Crippen molar-refractivity contribution < 1.29 is 13.2 Å². The molecule has 6 nitrogen and oxygen atoms in total. The Morgan fingerprint density at radius 3 is 2.65 bits per heavy atom. The maximum Gasteiger partial charge on any atom is 0.252 e. The second-order valence-corrected chi connectivity index (χ2v) is 9.19. The maximum absolute atomic E-state index is 12.3. The SMILES string of the molecule is CN(CC(=O)N1CCNCC1)S(=O)(=O)c1ccc(Br)s1. The fourth-order valence-electron chi connectivity index (χ4n) is 1.88. The summed E-state index contributed by atoms with van der Waals surface area (Å²) in [5.41, 5.74) is 0. The third kappa shape index (κ3) is 3.59. The van der Waals surface area contributed by atoms with Crippen molar-refractivity contribution in [3.8, 4) is 0 Å². The van der Waals surface area contributed by atoms with Crippen LogP contribution in [-0.2, 0) is 14.8 Å². The van der Waals surface area contributed by atoms with Crippen molar-refractivity contribution in [3.05, 3.63) is 15.9 Å². The summed E-state index contributed by atoms with van der Waals surface area (Å²) in [6, 6.07) is 3.22. The van der Waals surface area contributed by atoms with Gasteiger partial charge in [0.05, 0.1) is 10.3 Å². The number of piperazine rings is 1. The van der Waals surface area contributed by atoms with Gasteiger partial charge in [-0.15, -0.1) is 11.3 Å². The van der Waals surface area contributed by atoms with E-state index in [1.807, 2.05) is 0 Å². The number of sulfonamides is 1. The fraction of sp³-hybridized carbons (Fsp3) is 0.545. The molecule has 1 fully saturated rings. The summed E-state index contributed by atoms with van der Waals surface area (Å²) < 4.78 is 26.7. The molecule has 9 heteroatoms. The Labute approximate surface area is 130 Å². The zero-order valence-corrected chi connectivity index (χ0v) is 14.2. The molecule has 0 unspecified atom stereocenters. The molecule has 112 valence electrons. The van der Waals surface area contributed by atoms with E-state index in [0.717, 1.165) is 32.5 Å². The molecular weight excluding hydrogens is 366 g/mol. The van der Waals surface area contributed by atoms with E-state index in [-0.39, 0.29) is 16.7 Å². The predicted octanol–water partition coefficient (Wildman–Crippen LogP) is 0.563. The van der Waals surface area contributed by atoms with Crippen LogP contribution in [0.3, 0.4) is 0 Å². The number of rotatable bonds is 4. The summed E-state index contributed by atoms with van der Waals surface area (Å²) in [7, 11) is -2.16. The third-order valence-corrected chi connectivity index (χ3v) is 6.94. The molecule has 0 aromatic carbocycles. The molecule has 2 rings (SSSR count). The number of carbonyl (C=O) groups is 1. The first kappa shape index (κ1) is 15.9. The number of nitrogens with zero attached hydrogens (tertiary/aromatic N) is 2. The number of thiophene rings is 1. The molecule has 1 saturated heterocycles. The van der Waals surface area contributed by atoms with Crippen LogP contribution in [0.15, 0.2) is 20.1 Å². The van der Waals surface area contributed by atoms with Crippen LogP contribution in [-0.4, -0.2) is 63.3 Å². The van der Waals surface area contributed by atoms with Crippen molar-refractivity contribution in [1.29, 1.82) is 0 Å². The first-order chi connectivity index (χ1) is 9.41. The molecule has 0 radical (unpaired) electrons. The molecule has 1 aliphatic heterocycles. The summed E-state index contributed by atoms with van der Waals surface area (Å²) in [4.78, 5) is 13.8. The zero-order valence-electron chi connectivity index (χ0n) is 11.0. The lowest BCUT2D eigenvalue weighted by atomic mass is 10.3. The molecule has 20 heavy (non-hydrogen) atoms. The zero-order chi connectivity index (χ0) is 14.8. The summed E-state index contributed by atoms with van der Waals surface area (Å²) in [6.45, 7) is 2.62. The fourth-order valence-corrected chi connectivity index (χ4v) is 5.22. The van der Waals surface area contributed by atoms with Crippen LogP contribution in [0.1, 0.15) is 0 Å². The first-order valence-electron chi connectivity index (χ1n) is 6.11. The lowest BCUT2D eigenvalue weighted by Crippen LogP contribution is -2.49. The van der Waals surface area contributed by atoms with Gasteiger partial charge < -0.3 is 10.2 Å². The van der Waals surface area contributed by atoms with Crippen molar-refractivity contribution >= 4 is 43.2 Å². The summed E-state index contributed by atoms with van der Waals surface area (Å²) in [5.74, 6) is -0.159. The van der Waals surface area contributed by atoms with E-state index < -0.39 is 10.0 Å². The Bertz CT molecular complexity index is 581. The Balaban J connectivity index is 2.03. The number of halogens is 1. The van der Waals surface area contributed by atoms with Gasteiger partial charge in [-0.05, 0) is 28.1 Å². The Kier molecular flexibility index (Phi) is 5.19. The summed E-state index contributed by atoms with van der Waals surface area (Å²) in [5, 5.41) is 3.15. The van der Waals surface area contributed by atoms with E-state index in [9.17, 15) is 13.2 Å².